The summed E-state index contributed by atoms with van der Waals surface area (Å²) in [5.41, 5.74) is 0. The van der Waals surface area contributed by atoms with E-state index in [1.54, 1.807) is 0 Å². The first-order valence-corrected chi connectivity index (χ1v) is 31.0. The molecule has 1 heterocycles. The molecule has 0 bridgehead atoms. The fourth-order valence-electron chi connectivity index (χ4n) is 9.41. The maximum absolute atomic E-state index is 13.0. The van der Waals surface area contributed by atoms with Gasteiger partial charge in [-0.05, 0) is 64.5 Å². The maximum atomic E-state index is 13.0. The van der Waals surface area contributed by atoms with Crippen LogP contribution in [-0.2, 0) is 19.2 Å². The molecule has 0 radical (unpaired) electrons. The van der Waals surface area contributed by atoms with Gasteiger partial charge in [0.1, 0.15) is 12.1 Å². The Balaban J connectivity index is 2.49. The number of nitrogens with zero attached hydrogens (tertiary/aromatic N) is 2. The van der Waals surface area contributed by atoms with Crippen LogP contribution < -0.4 is 10.6 Å². The van der Waals surface area contributed by atoms with Crippen LogP contribution in [0.25, 0.3) is 0 Å². The van der Waals surface area contributed by atoms with E-state index in [1.165, 1.54) is 126 Å². The van der Waals surface area contributed by atoms with Crippen molar-refractivity contribution < 1.29 is 39.6 Å². The molecule has 6 N–H and O–H groups in total. The Kier molecular flexibility index (Phi) is 44.1. The minimum Gasteiger partial charge on any atom is -0.392 e. The van der Waals surface area contributed by atoms with Crippen molar-refractivity contribution in [3.8, 4) is 0 Å². The lowest BCUT2D eigenvalue weighted by Gasteiger charge is -2.29. The number of aliphatic hydroxyl groups excluding tert-OH is 4. The van der Waals surface area contributed by atoms with Gasteiger partial charge < -0.3 is 31.1 Å². The smallest absolute Gasteiger partial charge is 0.243 e. The number of carbonyl (C=O) groups is 4. The second-order valence-corrected chi connectivity index (χ2v) is 23.0. The Labute approximate surface area is 436 Å². The van der Waals surface area contributed by atoms with Crippen LogP contribution in [0, 0.1) is 0 Å². The molecule has 412 valence electrons. The van der Waals surface area contributed by atoms with Gasteiger partial charge in [0, 0.05) is 50.5 Å². The molecule has 1 saturated heterocycles. The predicted molar refractivity (Wildman–Crippen MR) is 295 cm³/mol. The first-order valence-electron chi connectivity index (χ1n) is 29.0. The van der Waals surface area contributed by atoms with Gasteiger partial charge in [0.15, 0.2) is 10.2 Å². The number of nitrogens with one attached hydrogen (secondary N) is 2. The standard InChI is InChI=1S/C56H108N4O8S2/c1-5-9-13-17-21-25-31-47(61)43-59(44-48(62)32-26-22-18-14-10-6-2)39-29-41-69-53(65)37-35-51-55(67)58-52(56(68)57-51)36-38-54(66)70-42-30-40-60(45-49(63)33-27-23-19-15-11-7-3)46-50(64)34-28-24-20-16-12-8-4/h47-52,61-64H,5-46H2,1-4H3,(H,57,68)(H,58,67). The second kappa shape index (κ2) is 46.3. The highest BCUT2D eigenvalue weighted by Crippen LogP contribution is 2.19. The summed E-state index contributed by atoms with van der Waals surface area (Å²) < 4.78 is 0. The molecule has 0 aromatic rings. The highest BCUT2D eigenvalue weighted by atomic mass is 32.2. The summed E-state index contributed by atoms with van der Waals surface area (Å²) in [7, 11) is 0. The fraction of sp³-hybridized carbons (Fsp3) is 0.929. The summed E-state index contributed by atoms with van der Waals surface area (Å²) in [5, 5.41) is 49.0. The van der Waals surface area contributed by atoms with Crippen molar-refractivity contribution in [1.29, 1.82) is 0 Å². The summed E-state index contributed by atoms with van der Waals surface area (Å²) in [5.74, 6) is 0.512. The van der Waals surface area contributed by atoms with E-state index in [-0.39, 0.29) is 47.7 Å². The molecule has 14 heteroatoms. The van der Waals surface area contributed by atoms with Crippen LogP contribution in [0.4, 0.5) is 0 Å². The van der Waals surface area contributed by atoms with Crippen molar-refractivity contribution in [3.05, 3.63) is 0 Å². The van der Waals surface area contributed by atoms with Crippen molar-refractivity contribution in [2.75, 3.05) is 50.8 Å². The zero-order valence-electron chi connectivity index (χ0n) is 45.3. The largest absolute Gasteiger partial charge is 0.392 e. The number of hydrogen-bond acceptors (Lipinski definition) is 12. The van der Waals surface area contributed by atoms with Gasteiger partial charge in [0.05, 0.1) is 24.4 Å². The van der Waals surface area contributed by atoms with Gasteiger partial charge in [-0.15, -0.1) is 0 Å². The summed E-state index contributed by atoms with van der Waals surface area (Å²) >= 11 is 2.46. The molecule has 2 amide bonds. The number of carbonyl (C=O) groups excluding carboxylic acids is 4. The van der Waals surface area contributed by atoms with E-state index in [9.17, 15) is 39.6 Å². The fourth-order valence-corrected chi connectivity index (χ4v) is 10.9. The molecule has 0 saturated carbocycles. The van der Waals surface area contributed by atoms with E-state index < -0.39 is 36.5 Å². The average Bonchev–Trinajstić information content (AvgIpc) is 3.33. The molecular formula is C56H108N4O8S2. The van der Waals surface area contributed by atoms with E-state index in [2.05, 4.69) is 48.1 Å². The molecule has 12 nitrogen and oxygen atoms in total. The van der Waals surface area contributed by atoms with Crippen molar-refractivity contribution >= 4 is 45.6 Å². The molecular weight excluding hydrogens is 921 g/mol. The van der Waals surface area contributed by atoms with Crippen molar-refractivity contribution in [2.45, 2.75) is 283 Å². The van der Waals surface area contributed by atoms with Crippen molar-refractivity contribution in [2.24, 2.45) is 0 Å². The lowest BCUT2D eigenvalue weighted by molar-refractivity contribution is -0.137. The molecule has 6 unspecified atom stereocenters. The van der Waals surface area contributed by atoms with Crippen LogP contribution >= 0.6 is 23.5 Å². The minimum absolute atomic E-state index is 0.0404. The predicted octanol–water partition coefficient (Wildman–Crippen LogP) is 10.9. The van der Waals surface area contributed by atoms with Crippen LogP contribution in [0.2, 0.25) is 0 Å². The zero-order valence-corrected chi connectivity index (χ0v) is 46.9. The number of hydrogen-bond donors (Lipinski definition) is 6. The molecule has 1 aliphatic heterocycles. The lowest BCUT2D eigenvalue weighted by atomic mass is 10.0. The molecule has 1 rings (SSSR count). The number of rotatable bonds is 50. The highest BCUT2D eigenvalue weighted by Gasteiger charge is 2.34. The van der Waals surface area contributed by atoms with Gasteiger partial charge >= 0.3 is 0 Å². The van der Waals surface area contributed by atoms with Gasteiger partial charge in [0.2, 0.25) is 11.8 Å². The Morgan fingerprint density at radius 3 is 0.957 bits per heavy atom. The van der Waals surface area contributed by atoms with Gasteiger partial charge in [-0.1, -0.05) is 205 Å². The van der Waals surface area contributed by atoms with Gasteiger partial charge in [0.25, 0.3) is 0 Å². The number of unbranched alkanes of at least 4 members (excludes halogenated alkanes) is 20. The summed E-state index contributed by atoms with van der Waals surface area (Å²) in [6.45, 7) is 12.3. The number of amides is 2. The van der Waals surface area contributed by atoms with Gasteiger partial charge in [-0.25, -0.2) is 0 Å². The SMILES string of the molecule is CCCCCCCCC(O)CN(CCCSC(=O)CCC1NC(=O)C(CCC(=O)SCCCN(CC(O)CCCCCCCC)CC(O)CCCCCCCC)NC1=O)CC(O)CCCCCCCC. The van der Waals surface area contributed by atoms with E-state index >= 15 is 0 Å². The van der Waals surface area contributed by atoms with Crippen LogP contribution in [0.1, 0.15) is 246 Å². The molecule has 0 aromatic carbocycles. The highest BCUT2D eigenvalue weighted by molar-refractivity contribution is 8.13. The molecule has 0 aliphatic carbocycles. The number of piperazine rings is 1. The summed E-state index contributed by atoms with van der Waals surface area (Å²) in [6.07, 6.45) is 31.6. The first kappa shape index (κ1) is 66.8. The van der Waals surface area contributed by atoms with Crippen LogP contribution in [-0.4, -0.2) is 140 Å². The first-order chi connectivity index (χ1) is 33.9. The number of thioether (sulfide) groups is 2. The van der Waals surface area contributed by atoms with Crippen LogP contribution in [0.5, 0.6) is 0 Å². The van der Waals surface area contributed by atoms with E-state index in [0.29, 0.717) is 50.8 Å². The van der Waals surface area contributed by atoms with E-state index in [0.717, 1.165) is 89.9 Å². The summed E-state index contributed by atoms with van der Waals surface area (Å²) in [6, 6.07) is -1.60. The molecule has 1 fully saturated rings. The van der Waals surface area contributed by atoms with E-state index in [4.69, 9.17) is 0 Å². The van der Waals surface area contributed by atoms with Crippen LogP contribution in [0.15, 0.2) is 0 Å². The van der Waals surface area contributed by atoms with Crippen molar-refractivity contribution in [3.63, 3.8) is 0 Å². The lowest BCUT2D eigenvalue weighted by Crippen LogP contribution is -2.61. The Bertz CT molecular complexity index is 1140. The Morgan fingerprint density at radius 2 is 0.686 bits per heavy atom. The number of aliphatic hydroxyl groups is 4. The normalized spacial score (nSPS) is 16.9. The zero-order chi connectivity index (χ0) is 51.5. The third-order valence-electron chi connectivity index (χ3n) is 13.7. The average molecular weight is 1030 g/mol. The van der Waals surface area contributed by atoms with Gasteiger partial charge in [-0.2, -0.15) is 0 Å². The van der Waals surface area contributed by atoms with Gasteiger partial charge in [-0.3, -0.25) is 29.0 Å². The Morgan fingerprint density at radius 1 is 0.429 bits per heavy atom. The topological polar surface area (TPSA) is 180 Å². The molecule has 0 spiro atoms. The minimum atomic E-state index is -0.799. The Hall–Kier alpha value is -1.26. The summed E-state index contributed by atoms with van der Waals surface area (Å²) in [4.78, 5) is 56.1. The third-order valence-corrected chi connectivity index (χ3v) is 15.8. The quantitative estimate of drug-likeness (QED) is 0.0318. The monoisotopic (exact) mass is 1030 g/mol. The third kappa shape index (κ3) is 38.3. The molecule has 0 aromatic heterocycles. The van der Waals surface area contributed by atoms with Crippen molar-refractivity contribution in [1.82, 2.24) is 20.4 Å². The second-order valence-electron chi connectivity index (χ2n) is 20.7. The van der Waals surface area contributed by atoms with E-state index in [1.807, 2.05) is 0 Å². The molecule has 1 aliphatic rings. The van der Waals surface area contributed by atoms with Crippen LogP contribution in [0.3, 0.4) is 0 Å². The molecule has 6 atom stereocenters. The maximum Gasteiger partial charge on any atom is 0.243 e. The molecule has 70 heavy (non-hydrogen) atoms.